The predicted octanol–water partition coefficient (Wildman–Crippen LogP) is 2.37. The molecule has 18 heavy (non-hydrogen) atoms. The molecule has 1 amide bonds. The molecule has 1 aromatic rings. The molecule has 0 aliphatic rings. The van der Waals surface area contributed by atoms with Crippen LogP contribution >= 0.6 is 11.8 Å². The van der Waals surface area contributed by atoms with E-state index in [1.54, 1.807) is 0 Å². The van der Waals surface area contributed by atoms with Crippen LogP contribution in [0.25, 0.3) is 0 Å². The molecule has 5 nitrogen and oxygen atoms in total. The fourth-order valence-electron chi connectivity index (χ4n) is 1.19. The van der Waals surface area contributed by atoms with E-state index in [1.807, 2.05) is 34.6 Å². The van der Waals surface area contributed by atoms with E-state index in [9.17, 15) is 4.79 Å². The van der Waals surface area contributed by atoms with Crippen LogP contribution in [-0.2, 0) is 15.4 Å². The molecule has 0 bridgehead atoms. The summed E-state index contributed by atoms with van der Waals surface area (Å²) in [6.07, 6.45) is 0. The lowest BCUT2D eigenvalue weighted by Crippen LogP contribution is -2.34. The molecule has 0 aliphatic carbocycles. The Hall–Kier alpha value is -1.01. The van der Waals surface area contributed by atoms with Crippen LogP contribution in [0, 0.1) is 13.8 Å². The molecule has 1 N–H and O–H groups in total. The molecule has 0 saturated heterocycles. The first-order valence-corrected chi connectivity index (χ1v) is 6.91. The van der Waals surface area contributed by atoms with Gasteiger partial charge in [0.1, 0.15) is 5.76 Å². The zero-order valence-corrected chi connectivity index (χ0v) is 12.3. The average molecular weight is 272 g/mol. The topological polar surface area (TPSA) is 64.4 Å². The average Bonchev–Trinajstić information content (AvgIpc) is 2.57. The van der Waals surface area contributed by atoms with E-state index in [-0.39, 0.29) is 11.5 Å². The zero-order valence-electron chi connectivity index (χ0n) is 11.5. The first-order valence-electron chi connectivity index (χ1n) is 5.76. The monoisotopic (exact) mass is 272 g/mol. The molecule has 0 spiro atoms. The Morgan fingerprint density at radius 1 is 1.44 bits per heavy atom. The summed E-state index contributed by atoms with van der Waals surface area (Å²) in [6, 6.07) is 0. The van der Waals surface area contributed by atoms with Crippen molar-refractivity contribution in [2.45, 2.75) is 46.0 Å². The van der Waals surface area contributed by atoms with Crippen molar-refractivity contribution in [1.29, 1.82) is 0 Å². The maximum absolute atomic E-state index is 11.5. The second kappa shape index (κ2) is 6.24. The van der Waals surface area contributed by atoms with Crippen molar-refractivity contribution in [2.24, 2.45) is 0 Å². The SMILES string of the molecule is Cc1noc(C)c1CSCC(=O)NOC(C)(C)C. The highest BCUT2D eigenvalue weighted by Gasteiger charge is 2.13. The van der Waals surface area contributed by atoms with Crippen LogP contribution in [0.5, 0.6) is 0 Å². The van der Waals surface area contributed by atoms with Crippen LogP contribution in [0.2, 0.25) is 0 Å². The molecule has 1 rings (SSSR count). The lowest BCUT2D eigenvalue weighted by Gasteiger charge is -2.18. The third kappa shape index (κ3) is 5.10. The Labute approximate surface area is 112 Å². The normalized spacial score (nSPS) is 11.6. The van der Waals surface area contributed by atoms with Crippen molar-refractivity contribution in [3.63, 3.8) is 0 Å². The van der Waals surface area contributed by atoms with Crippen LogP contribution in [0.1, 0.15) is 37.8 Å². The standard InChI is InChI=1S/C12H20N2O3S/c1-8-10(9(2)16-13-8)6-18-7-11(15)14-17-12(3,4)5/h6-7H2,1-5H3,(H,14,15). The number of thioether (sulfide) groups is 1. The van der Waals surface area contributed by atoms with Crippen molar-refractivity contribution in [2.75, 3.05) is 5.75 Å². The number of hydrogen-bond acceptors (Lipinski definition) is 5. The molecule has 0 unspecified atom stereocenters. The minimum atomic E-state index is -0.373. The van der Waals surface area contributed by atoms with Gasteiger partial charge in [-0.3, -0.25) is 9.63 Å². The van der Waals surface area contributed by atoms with E-state index < -0.39 is 0 Å². The highest BCUT2D eigenvalue weighted by molar-refractivity contribution is 7.99. The Morgan fingerprint density at radius 2 is 2.11 bits per heavy atom. The van der Waals surface area contributed by atoms with Gasteiger partial charge in [-0.15, -0.1) is 11.8 Å². The molecule has 6 heteroatoms. The van der Waals surface area contributed by atoms with E-state index in [0.717, 1.165) is 17.0 Å². The number of rotatable bonds is 5. The van der Waals surface area contributed by atoms with Crippen LogP contribution in [0.15, 0.2) is 4.52 Å². The second-order valence-electron chi connectivity index (χ2n) is 5.04. The minimum absolute atomic E-state index is 0.137. The van der Waals surface area contributed by atoms with Gasteiger partial charge in [-0.05, 0) is 34.6 Å². The summed E-state index contributed by atoms with van der Waals surface area (Å²) in [7, 11) is 0. The maximum Gasteiger partial charge on any atom is 0.253 e. The highest BCUT2D eigenvalue weighted by atomic mass is 32.2. The quantitative estimate of drug-likeness (QED) is 0.834. The second-order valence-corrected chi connectivity index (χ2v) is 6.02. The van der Waals surface area contributed by atoms with Crippen molar-refractivity contribution < 1.29 is 14.2 Å². The summed E-state index contributed by atoms with van der Waals surface area (Å²) in [4.78, 5) is 16.7. The molecule has 0 aromatic carbocycles. The van der Waals surface area contributed by atoms with Gasteiger partial charge in [0.2, 0.25) is 0 Å². The first-order chi connectivity index (χ1) is 8.29. The molecule has 0 atom stereocenters. The molecule has 0 radical (unpaired) electrons. The summed E-state index contributed by atoms with van der Waals surface area (Å²) < 4.78 is 5.06. The third-order valence-electron chi connectivity index (χ3n) is 2.13. The summed E-state index contributed by atoms with van der Waals surface area (Å²) in [6.45, 7) is 9.41. The van der Waals surface area contributed by atoms with Crippen molar-refractivity contribution in [1.82, 2.24) is 10.6 Å². The van der Waals surface area contributed by atoms with E-state index in [2.05, 4.69) is 10.6 Å². The number of amides is 1. The summed E-state index contributed by atoms with van der Waals surface area (Å²) in [5.74, 6) is 1.73. The van der Waals surface area contributed by atoms with Crippen LogP contribution in [-0.4, -0.2) is 22.4 Å². The van der Waals surface area contributed by atoms with Crippen molar-refractivity contribution in [3.05, 3.63) is 17.0 Å². The summed E-state index contributed by atoms with van der Waals surface area (Å²) in [5.41, 5.74) is 4.00. The van der Waals surface area contributed by atoms with E-state index in [4.69, 9.17) is 9.36 Å². The van der Waals surface area contributed by atoms with Gasteiger partial charge in [-0.2, -0.15) is 0 Å². The number of hydrogen-bond donors (Lipinski definition) is 1. The number of aryl methyl sites for hydroxylation is 2. The van der Waals surface area contributed by atoms with Gasteiger partial charge < -0.3 is 4.52 Å². The zero-order chi connectivity index (χ0) is 13.8. The van der Waals surface area contributed by atoms with Crippen molar-refractivity contribution >= 4 is 17.7 Å². The Morgan fingerprint density at radius 3 is 2.61 bits per heavy atom. The Balaban J connectivity index is 2.28. The van der Waals surface area contributed by atoms with E-state index in [1.165, 1.54) is 11.8 Å². The van der Waals surface area contributed by atoms with Crippen LogP contribution in [0.3, 0.4) is 0 Å². The Kier molecular flexibility index (Phi) is 5.22. The van der Waals surface area contributed by atoms with Gasteiger partial charge in [0.05, 0.1) is 17.0 Å². The summed E-state index contributed by atoms with van der Waals surface area (Å²) >= 11 is 1.51. The summed E-state index contributed by atoms with van der Waals surface area (Å²) in [5, 5.41) is 3.87. The fraction of sp³-hybridized carbons (Fsp3) is 0.667. The molecular weight excluding hydrogens is 252 g/mol. The number of hydroxylamine groups is 1. The highest BCUT2D eigenvalue weighted by Crippen LogP contribution is 2.19. The largest absolute Gasteiger partial charge is 0.361 e. The van der Waals surface area contributed by atoms with Gasteiger partial charge in [0.25, 0.3) is 5.91 Å². The lowest BCUT2D eigenvalue weighted by molar-refractivity contribution is -0.142. The molecule has 1 heterocycles. The molecule has 1 aromatic heterocycles. The van der Waals surface area contributed by atoms with Gasteiger partial charge in [0.15, 0.2) is 0 Å². The van der Waals surface area contributed by atoms with Gasteiger partial charge >= 0.3 is 0 Å². The number of nitrogens with one attached hydrogen (secondary N) is 1. The molecule has 0 saturated carbocycles. The third-order valence-corrected chi connectivity index (χ3v) is 3.09. The van der Waals surface area contributed by atoms with Gasteiger partial charge in [-0.1, -0.05) is 5.16 Å². The number of carbonyl (C=O) groups excluding carboxylic acids is 1. The van der Waals surface area contributed by atoms with Gasteiger partial charge in [0, 0.05) is 11.3 Å². The number of carbonyl (C=O) groups is 1. The van der Waals surface area contributed by atoms with Crippen LogP contribution < -0.4 is 5.48 Å². The van der Waals surface area contributed by atoms with E-state index in [0.29, 0.717) is 11.5 Å². The maximum atomic E-state index is 11.5. The fourth-order valence-corrected chi connectivity index (χ4v) is 2.16. The smallest absolute Gasteiger partial charge is 0.253 e. The van der Waals surface area contributed by atoms with Gasteiger partial charge in [-0.25, -0.2) is 5.48 Å². The molecule has 102 valence electrons. The molecule has 0 fully saturated rings. The predicted molar refractivity (Wildman–Crippen MR) is 71.1 cm³/mol. The van der Waals surface area contributed by atoms with Crippen molar-refractivity contribution in [3.8, 4) is 0 Å². The lowest BCUT2D eigenvalue weighted by atomic mass is 10.2. The van der Waals surface area contributed by atoms with E-state index >= 15 is 0 Å². The number of aromatic nitrogens is 1. The molecule has 0 aliphatic heterocycles. The first kappa shape index (κ1) is 15.0. The minimum Gasteiger partial charge on any atom is -0.361 e. The Bertz CT molecular complexity index is 390. The van der Waals surface area contributed by atoms with Crippen LogP contribution in [0.4, 0.5) is 0 Å². The molecular formula is C12H20N2O3S. The number of nitrogens with zero attached hydrogens (tertiary/aromatic N) is 1.